The summed E-state index contributed by atoms with van der Waals surface area (Å²) in [4.78, 5) is 0. The molecule has 0 spiro atoms. The van der Waals surface area contributed by atoms with E-state index in [0.717, 1.165) is 35.5 Å². The van der Waals surface area contributed by atoms with Crippen LogP contribution in [-0.4, -0.2) is 0 Å². The van der Waals surface area contributed by atoms with Gasteiger partial charge in [-0.2, -0.15) is 0 Å². The Balaban J connectivity index is 1.68. The number of hydrogen-bond donors (Lipinski definition) is 0. The molecular weight excluding hydrogens is 276 g/mol. The van der Waals surface area contributed by atoms with E-state index in [2.05, 4.69) is 27.7 Å². The van der Waals surface area contributed by atoms with E-state index < -0.39 is 0 Å². The van der Waals surface area contributed by atoms with E-state index in [1.54, 1.807) is 12.8 Å². The van der Waals surface area contributed by atoms with Gasteiger partial charge in [0.25, 0.3) is 0 Å². The van der Waals surface area contributed by atoms with Crippen LogP contribution in [0.4, 0.5) is 0 Å². The lowest BCUT2D eigenvalue weighted by Crippen LogP contribution is -2.22. The third-order valence-corrected chi connectivity index (χ3v) is 7.52. The maximum Gasteiger partial charge on any atom is -0.0386 e. The Hall–Kier alpha value is 0. The van der Waals surface area contributed by atoms with Crippen LogP contribution < -0.4 is 0 Å². The summed E-state index contributed by atoms with van der Waals surface area (Å²) in [5.41, 5.74) is 0. The first-order valence-corrected chi connectivity index (χ1v) is 11.1. The maximum absolute atomic E-state index is 2.51. The van der Waals surface area contributed by atoms with Gasteiger partial charge in [-0.25, -0.2) is 0 Å². The van der Waals surface area contributed by atoms with E-state index in [1.807, 2.05) is 0 Å². The molecule has 0 saturated heterocycles. The molecule has 0 aromatic carbocycles. The van der Waals surface area contributed by atoms with Crippen molar-refractivity contribution >= 4 is 0 Å². The fourth-order valence-corrected chi connectivity index (χ4v) is 5.67. The minimum atomic E-state index is 0.992. The van der Waals surface area contributed by atoms with Gasteiger partial charge in [0.05, 0.1) is 0 Å². The summed E-state index contributed by atoms with van der Waals surface area (Å²) >= 11 is 0. The van der Waals surface area contributed by atoms with Crippen molar-refractivity contribution in [1.82, 2.24) is 0 Å². The standard InChI is InChI=1S/C23H44/c1-5-20-9-7-11-22(16-20)17-21(6-2)10-8-12-23-15-18(3)13-14-19(23)4/h18-23H,5-17H2,1-4H3. The Morgan fingerprint density at radius 1 is 0.913 bits per heavy atom. The maximum atomic E-state index is 2.51. The van der Waals surface area contributed by atoms with Crippen molar-refractivity contribution < 1.29 is 0 Å². The van der Waals surface area contributed by atoms with E-state index in [-0.39, 0.29) is 0 Å². The predicted octanol–water partition coefficient (Wildman–Crippen LogP) is 7.86. The summed E-state index contributed by atoms with van der Waals surface area (Å²) in [5.74, 6) is 6.16. The summed E-state index contributed by atoms with van der Waals surface area (Å²) in [6, 6.07) is 0. The van der Waals surface area contributed by atoms with E-state index in [0.29, 0.717) is 0 Å². The van der Waals surface area contributed by atoms with Crippen LogP contribution in [0, 0.1) is 35.5 Å². The molecule has 0 aliphatic heterocycles. The van der Waals surface area contributed by atoms with Crippen molar-refractivity contribution in [1.29, 1.82) is 0 Å². The molecule has 0 amide bonds. The first-order valence-electron chi connectivity index (χ1n) is 11.1. The van der Waals surface area contributed by atoms with Crippen LogP contribution in [0.25, 0.3) is 0 Å². The van der Waals surface area contributed by atoms with Crippen LogP contribution in [0.5, 0.6) is 0 Å². The molecule has 0 heterocycles. The summed E-state index contributed by atoms with van der Waals surface area (Å²) < 4.78 is 0. The third kappa shape index (κ3) is 6.43. The van der Waals surface area contributed by atoms with Crippen LogP contribution in [0.15, 0.2) is 0 Å². The largest absolute Gasteiger partial charge is 0.0651 e. The lowest BCUT2D eigenvalue weighted by molar-refractivity contribution is 0.180. The fraction of sp³-hybridized carbons (Fsp3) is 1.00. The molecule has 0 aromatic rings. The van der Waals surface area contributed by atoms with E-state index >= 15 is 0 Å². The van der Waals surface area contributed by atoms with Gasteiger partial charge in [-0.1, -0.05) is 91.9 Å². The van der Waals surface area contributed by atoms with Gasteiger partial charge in [-0.15, -0.1) is 0 Å². The van der Waals surface area contributed by atoms with E-state index in [4.69, 9.17) is 0 Å². The molecule has 2 aliphatic rings. The molecule has 2 saturated carbocycles. The Morgan fingerprint density at radius 3 is 2.43 bits per heavy atom. The Morgan fingerprint density at radius 2 is 1.70 bits per heavy atom. The molecule has 6 unspecified atom stereocenters. The summed E-state index contributed by atoms with van der Waals surface area (Å²) in [5, 5.41) is 0. The van der Waals surface area contributed by atoms with Gasteiger partial charge in [-0.05, 0) is 54.8 Å². The molecule has 23 heavy (non-hydrogen) atoms. The van der Waals surface area contributed by atoms with Crippen LogP contribution in [0.1, 0.15) is 111 Å². The Kier molecular flexibility index (Phi) is 8.48. The fourth-order valence-electron chi connectivity index (χ4n) is 5.67. The summed E-state index contributed by atoms with van der Waals surface area (Å²) in [6.07, 6.45) is 19.5. The van der Waals surface area contributed by atoms with Crippen molar-refractivity contribution in [2.24, 2.45) is 35.5 Å². The van der Waals surface area contributed by atoms with Crippen LogP contribution in [-0.2, 0) is 0 Å². The molecule has 2 rings (SSSR count). The average Bonchev–Trinajstić information content (AvgIpc) is 2.57. The number of rotatable bonds is 8. The Bertz CT molecular complexity index is 307. The molecule has 2 aliphatic carbocycles. The highest BCUT2D eigenvalue weighted by Crippen LogP contribution is 2.39. The van der Waals surface area contributed by atoms with Crippen molar-refractivity contribution in [3.8, 4) is 0 Å². The molecule has 6 atom stereocenters. The zero-order chi connectivity index (χ0) is 16.7. The van der Waals surface area contributed by atoms with Crippen molar-refractivity contribution in [3.63, 3.8) is 0 Å². The molecule has 0 aromatic heterocycles. The topological polar surface area (TPSA) is 0 Å². The molecule has 0 nitrogen and oxygen atoms in total. The second kappa shape index (κ2) is 10.1. The summed E-state index contributed by atoms with van der Waals surface area (Å²) in [7, 11) is 0. The first-order chi connectivity index (χ1) is 11.1. The quantitative estimate of drug-likeness (QED) is 0.427. The highest BCUT2D eigenvalue weighted by Gasteiger charge is 2.26. The predicted molar refractivity (Wildman–Crippen MR) is 104 cm³/mol. The van der Waals surface area contributed by atoms with Gasteiger partial charge in [0.1, 0.15) is 0 Å². The minimum absolute atomic E-state index is 0.992. The van der Waals surface area contributed by atoms with Crippen LogP contribution in [0.3, 0.4) is 0 Å². The zero-order valence-corrected chi connectivity index (χ0v) is 16.7. The van der Waals surface area contributed by atoms with Gasteiger partial charge in [0.15, 0.2) is 0 Å². The molecule has 2 fully saturated rings. The second-order valence-electron chi connectivity index (χ2n) is 9.40. The highest BCUT2D eigenvalue weighted by atomic mass is 14.3. The minimum Gasteiger partial charge on any atom is -0.0651 e. The average molecular weight is 321 g/mol. The van der Waals surface area contributed by atoms with Crippen molar-refractivity contribution in [3.05, 3.63) is 0 Å². The molecule has 0 heteroatoms. The van der Waals surface area contributed by atoms with Crippen LogP contribution >= 0.6 is 0 Å². The second-order valence-corrected chi connectivity index (χ2v) is 9.40. The number of hydrogen-bond acceptors (Lipinski definition) is 0. The van der Waals surface area contributed by atoms with Crippen molar-refractivity contribution in [2.75, 3.05) is 0 Å². The lowest BCUT2D eigenvalue weighted by Gasteiger charge is -2.33. The lowest BCUT2D eigenvalue weighted by atomic mass is 9.72. The molecule has 0 N–H and O–H groups in total. The van der Waals surface area contributed by atoms with Crippen molar-refractivity contribution in [2.45, 2.75) is 111 Å². The SMILES string of the molecule is CCC1CCCC(CC(CC)CCCC2CC(C)CCC2C)C1. The smallest absolute Gasteiger partial charge is 0.0386 e. The summed E-state index contributed by atoms with van der Waals surface area (Å²) in [6.45, 7) is 9.83. The van der Waals surface area contributed by atoms with Gasteiger partial charge in [0.2, 0.25) is 0 Å². The molecule has 136 valence electrons. The normalized spacial score (nSPS) is 36.8. The third-order valence-electron chi connectivity index (χ3n) is 7.52. The van der Waals surface area contributed by atoms with Gasteiger partial charge < -0.3 is 0 Å². The van der Waals surface area contributed by atoms with Gasteiger partial charge >= 0.3 is 0 Å². The van der Waals surface area contributed by atoms with Gasteiger partial charge in [-0.3, -0.25) is 0 Å². The van der Waals surface area contributed by atoms with Gasteiger partial charge in [0, 0.05) is 0 Å². The molecular formula is C23H44. The first kappa shape index (κ1) is 19.3. The molecule has 0 radical (unpaired) electrons. The highest BCUT2D eigenvalue weighted by molar-refractivity contribution is 4.78. The Labute approximate surface area is 147 Å². The van der Waals surface area contributed by atoms with E-state index in [9.17, 15) is 0 Å². The van der Waals surface area contributed by atoms with E-state index in [1.165, 1.54) is 70.6 Å². The van der Waals surface area contributed by atoms with Crippen LogP contribution in [0.2, 0.25) is 0 Å². The monoisotopic (exact) mass is 320 g/mol. The zero-order valence-electron chi connectivity index (χ0n) is 16.7. The molecule has 0 bridgehead atoms.